The molecular formula is C26H28N4O2S. The summed E-state index contributed by atoms with van der Waals surface area (Å²) in [6, 6.07) is 23.5. The molecule has 170 valence electrons. The molecule has 1 aromatic heterocycles. The molecule has 4 rings (SSSR count). The van der Waals surface area contributed by atoms with Gasteiger partial charge in [0, 0.05) is 24.4 Å². The van der Waals surface area contributed by atoms with E-state index in [1.165, 1.54) is 0 Å². The van der Waals surface area contributed by atoms with Crippen molar-refractivity contribution < 1.29 is 9.53 Å². The second-order valence-electron chi connectivity index (χ2n) is 8.02. The molecule has 0 radical (unpaired) electrons. The lowest BCUT2D eigenvalue weighted by Crippen LogP contribution is -2.22. The highest BCUT2D eigenvalue weighted by molar-refractivity contribution is 7.98. The van der Waals surface area contributed by atoms with Crippen molar-refractivity contribution in [1.29, 1.82) is 0 Å². The number of hydrogen-bond donors (Lipinski definition) is 2. The van der Waals surface area contributed by atoms with E-state index in [-0.39, 0.29) is 5.91 Å². The minimum Gasteiger partial charge on any atom is -0.492 e. The maximum absolute atomic E-state index is 12.5. The van der Waals surface area contributed by atoms with Gasteiger partial charge >= 0.3 is 0 Å². The lowest BCUT2D eigenvalue weighted by Gasteiger charge is -2.11. The molecule has 6 nitrogen and oxygen atoms in total. The van der Waals surface area contributed by atoms with E-state index < -0.39 is 0 Å². The predicted octanol–water partition coefficient (Wildman–Crippen LogP) is 4.73. The van der Waals surface area contributed by atoms with Crippen molar-refractivity contribution >= 4 is 28.7 Å². The standard InChI is InChI=1S/C26H28N4O2S/c1-30(2)15-16-32-22-13-9-19(10-14-22)17-27-25(31)21-11-7-20(8-12-21)18-33-26-28-23-5-3-4-6-24(23)29-26/h3-14H,15-18H2,1-2H3,(H,27,31)(H,28,29). The van der Waals surface area contributed by atoms with Crippen LogP contribution in [0.5, 0.6) is 5.75 Å². The molecule has 0 unspecified atom stereocenters. The molecule has 0 atom stereocenters. The molecule has 0 fully saturated rings. The number of hydrogen-bond acceptors (Lipinski definition) is 5. The average molecular weight is 461 g/mol. The molecular weight excluding hydrogens is 432 g/mol. The number of nitrogens with zero attached hydrogens (tertiary/aromatic N) is 2. The van der Waals surface area contributed by atoms with Crippen molar-refractivity contribution in [2.24, 2.45) is 0 Å². The summed E-state index contributed by atoms with van der Waals surface area (Å²) in [5.74, 6) is 1.53. The number of imidazole rings is 1. The van der Waals surface area contributed by atoms with E-state index in [2.05, 4.69) is 20.2 Å². The van der Waals surface area contributed by atoms with Crippen LogP contribution in [0.3, 0.4) is 0 Å². The van der Waals surface area contributed by atoms with Gasteiger partial charge in [0.1, 0.15) is 12.4 Å². The van der Waals surface area contributed by atoms with Gasteiger partial charge in [-0.05, 0) is 61.6 Å². The van der Waals surface area contributed by atoms with Crippen LogP contribution in [0.15, 0.2) is 78.0 Å². The van der Waals surface area contributed by atoms with Crippen molar-refractivity contribution in [3.8, 4) is 5.75 Å². The van der Waals surface area contributed by atoms with Gasteiger partial charge in [0.2, 0.25) is 0 Å². The molecule has 7 heteroatoms. The first-order chi connectivity index (χ1) is 16.1. The molecule has 0 saturated heterocycles. The van der Waals surface area contributed by atoms with Gasteiger partial charge in [0.25, 0.3) is 5.91 Å². The number of nitrogens with one attached hydrogen (secondary N) is 2. The van der Waals surface area contributed by atoms with Gasteiger partial charge < -0.3 is 19.9 Å². The van der Waals surface area contributed by atoms with Crippen molar-refractivity contribution in [3.05, 3.63) is 89.5 Å². The number of carbonyl (C=O) groups is 1. The van der Waals surface area contributed by atoms with Gasteiger partial charge in [-0.3, -0.25) is 4.79 Å². The van der Waals surface area contributed by atoms with Gasteiger partial charge in [-0.25, -0.2) is 4.98 Å². The molecule has 0 aliphatic carbocycles. The Kier molecular flexibility index (Phi) is 7.65. The molecule has 0 bridgehead atoms. The molecule has 1 heterocycles. The van der Waals surface area contributed by atoms with Gasteiger partial charge in [0.05, 0.1) is 11.0 Å². The number of fused-ring (bicyclic) bond motifs is 1. The lowest BCUT2D eigenvalue weighted by molar-refractivity contribution is 0.0951. The van der Waals surface area contributed by atoms with Crippen LogP contribution < -0.4 is 10.1 Å². The Morgan fingerprint density at radius 1 is 1.00 bits per heavy atom. The lowest BCUT2D eigenvalue weighted by atomic mass is 10.1. The summed E-state index contributed by atoms with van der Waals surface area (Å²) in [7, 11) is 4.04. The van der Waals surface area contributed by atoms with Gasteiger partial charge in [0.15, 0.2) is 5.16 Å². The average Bonchev–Trinajstić information content (AvgIpc) is 3.25. The summed E-state index contributed by atoms with van der Waals surface area (Å²) in [4.78, 5) is 22.5. The predicted molar refractivity (Wildman–Crippen MR) is 134 cm³/mol. The highest BCUT2D eigenvalue weighted by Crippen LogP contribution is 2.23. The Morgan fingerprint density at radius 3 is 2.45 bits per heavy atom. The number of likely N-dealkylation sites (N-methyl/N-ethyl adjacent to an activating group) is 1. The van der Waals surface area contributed by atoms with Crippen LogP contribution in [-0.2, 0) is 12.3 Å². The van der Waals surface area contributed by atoms with E-state index in [0.717, 1.165) is 45.4 Å². The zero-order valence-corrected chi connectivity index (χ0v) is 19.7. The maximum atomic E-state index is 12.5. The topological polar surface area (TPSA) is 70.2 Å². The van der Waals surface area contributed by atoms with Crippen LogP contribution in [0.25, 0.3) is 11.0 Å². The number of thioether (sulfide) groups is 1. The first-order valence-electron chi connectivity index (χ1n) is 10.9. The van der Waals surface area contributed by atoms with Crippen LogP contribution in [0, 0.1) is 0 Å². The van der Waals surface area contributed by atoms with Crippen molar-refractivity contribution in [2.45, 2.75) is 17.5 Å². The summed E-state index contributed by atoms with van der Waals surface area (Å²) in [5.41, 5.74) is 4.83. The molecule has 0 saturated carbocycles. The SMILES string of the molecule is CN(C)CCOc1ccc(CNC(=O)c2ccc(CSc3nc4ccccc4[nH]3)cc2)cc1. The van der Waals surface area contributed by atoms with Gasteiger partial charge in [-0.1, -0.05) is 48.2 Å². The normalized spacial score (nSPS) is 11.1. The van der Waals surface area contributed by atoms with Crippen LogP contribution in [0.2, 0.25) is 0 Å². The second kappa shape index (κ2) is 11.0. The number of para-hydroxylation sites is 2. The van der Waals surface area contributed by atoms with Crippen molar-refractivity contribution in [3.63, 3.8) is 0 Å². The third-order valence-corrected chi connectivity index (χ3v) is 6.09. The Morgan fingerprint density at radius 2 is 1.73 bits per heavy atom. The highest BCUT2D eigenvalue weighted by atomic mass is 32.2. The van der Waals surface area contributed by atoms with E-state index in [1.54, 1.807) is 11.8 Å². The molecule has 3 aromatic carbocycles. The number of H-pyrrole nitrogens is 1. The smallest absolute Gasteiger partial charge is 0.251 e. The quantitative estimate of drug-likeness (QED) is 0.335. The Balaban J connectivity index is 1.24. The van der Waals surface area contributed by atoms with Gasteiger partial charge in [-0.15, -0.1) is 0 Å². The summed E-state index contributed by atoms with van der Waals surface area (Å²) >= 11 is 1.65. The number of ether oxygens (including phenoxy) is 1. The van der Waals surface area contributed by atoms with Crippen LogP contribution in [0.1, 0.15) is 21.5 Å². The van der Waals surface area contributed by atoms with Crippen LogP contribution >= 0.6 is 11.8 Å². The van der Waals surface area contributed by atoms with Crippen molar-refractivity contribution in [1.82, 2.24) is 20.2 Å². The summed E-state index contributed by atoms with van der Waals surface area (Å²) in [5, 5.41) is 3.87. The Bertz CT molecular complexity index is 1150. The fourth-order valence-corrected chi connectivity index (χ4v) is 4.08. The highest BCUT2D eigenvalue weighted by Gasteiger charge is 2.07. The number of aromatic nitrogens is 2. The third kappa shape index (κ3) is 6.60. The molecule has 4 aromatic rings. The zero-order valence-electron chi connectivity index (χ0n) is 18.9. The Labute approximate surface area is 198 Å². The van der Waals surface area contributed by atoms with Crippen LogP contribution in [0.4, 0.5) is 0 Å². The van der Waals surface area contributed by atoms with E-state index >= 15 is 0 Å². The molecule has 33 heavy (non-hydrogen) atoms. The monoisotopic (exact) mass is 460 g/mol. The Hall–Kier alpha value is -3.29. The number of benzene rings is 3. The minimum atomic E-state index is -0.0854. The van der Waals surface area contributed by atoms with E-state index in [9.17, 15) is 4.79 Å². The number of aromatic amines is 1. The van der Waals surface area contributed by atoms with E-state index in [1.807, 2.05) is 86.9 Å². The molecule has 1 amide bonds. The molecule has 0 spiro atoms. The number of rotatable bonds is 10. The summed E-state index contributed by atoms with van der Waals surface area (Å²) in [6.45, 7) is 1.99. The largest absolute Gasteiger partial charge is 0.492 e. The zero-order chi connectivity index (χ0) is 23.0. The fraction of sp³-hybridized carbons (Fsp3) is 0.231. The maximum Gasteiger partial charge on any atom is 0.251 e. The van der Waals surface area contributed by atoms with Crippen LogP contribution in [-0.4, -0.2) is 48.0 Å². The molecule has 2 N–H and O–H groups in total. The van der Waals surface area contributed by atoms with Crippen molar-refractivity contribution in [2.75, 3.05) is 27.2 Å². The van der Waals surface area contributed by atoms with Gasteiger partial charge in [-0.2, -0.15) is 0 Å². The summed E-state index contributed by atoms with van der Waals surface area (Å²) in [6.07, 6.45) is 0. The molecule has 0 aliphatic heterocycles. The third-order valence-electron chi connectivity index (χ3n) is 5.14. The minimum absolute atomic E-state index is 0.0854. The van der Waals surface area contributed by atoms with E-state index in [0.29, 0.717) is 18.7 Å². The summed E-state index contributed by atoms with van der Waals surface area (Å²) < 4.78 is 5.70. The van der Waals surface area contributed by atoms with E-state index in [4.69, 9.17) is 4.74 Å². The first kappa shape index (κ1) is 22.9. The molecule has 0 aliphatic rings. The second-order valence-corrected chi connectivity index (χ2v) is 8.99. The first-order valence-corrected chi connectivity index (χ1v) is 11.9. The number of amides is 1. The fourth-order valence-electron chi connectivity index (χ4n) is 3.24. The number of carbonyl (C=O) groups excluding carboxylic acids is 1.